The SMILES string of the molecule is Cc1ccc2nc(COC(=O)COc3cccc(NC(=O)C4CC4)c3)cc(=O)n2c1. The average molecular weight is 407 g/mol. The van der Waals surface area contributed by atoms with E-state index in [2.05, 4.69) is 10.3 Å². The normalized spacial score (nSPS) is 13.1. The highest BCUT2D eigenvalue weighted by molar-refractivity contribution is 5.94. The Hall–Kier alpha value is -3.68. The molecule has 2 heterocycles. The number of esters is 1. The van der Waals surface area contributed by atoms with Crippen LogP contribution in [0.15, 0.2) is 53.5 Å². The van der Waals surface area contributed by atoms with Crippen LogP contribution in [0, 0.1) is 12.8 Å². The van der Waals surface area contributed by atoms with Crippen molar-refractivity contribution in [3.05, 3.63) is 70.3 Å². The van der Waals surface area contributed by atoms with Gasteiger partial charge in [0.2, 0.25) is 5.91 Å². The van der Waals surface area contributed by atoms with Crippen molar-refractivity contribution in [1.82, 2.24) is 9.38 Å². The topological polar surface area (TPSA) is 99.0 Å². The van der Waals surface area contributed by atoms with E-state index in [1.54, 1.807) is 36.5 Å². The number of rotatable bonds is 7. The third-order valence-electron chi connectivity index (χ3n) is 4.65. The van der Waals surface area contributed by atoms with E-state index < -0.39 is 5.97 Å². The van der Waals surface area contributed by atoms with Gasteiger partial charge in [0, 0.05) is 29.9 Å². The summed E-state index contributed by atoms with van der Waals surface area (Å²) in [6.45, 7) is 1.46. The lowest BCUT2D eigenvalue weighted by Gasteiger charge is -2.09. The summed E-state index contributed by atoms with van der Waals surface area (Å²) in [7, 11) is 0. The van der Waals surface area contributed by atoms with Crippen LogP contribution in [0.2, 0.25) is 0 Å². The van der Waals surface area contributed by atoms with E-state index in [0.717, 1.165) is 18.4 Å². The second-order valence-electron chi connectivity index (χ2n) is 7.26. The zero-order valence-electron chi connectivity index (χ0n) is 16.5. The van der Waals surface area contributed by atoms with Gasteiger partial charge in [-0.3, -0.25) is 14.0 Å². The summed E-state index contributed by atoms with van der Waals surface area (Å²) in [6, 6.07) is 11.8. The molecule has 8 heteroatoms. The summed E-state index contributed by atoms with van der Waals surface area (Å²) in [4.78, 5) is 40.4. The van der Waals surface area contributed by atoms with Crippen molar-refractivity contribution in [2.75, 3.05) is 11.9 Å². The van der Waals surface area contributed by atoms with Crippen LogP contribution in [-0.2, 0) is 20.9 Å². The zero-order valence-corrected chi connectivity index (χ0v) is 16.5. The van der Waals surface area contributed by atoms with Gasteiger partial charge in [0.1, 0.15) is 18.0 Å². The molecule has 3 aromatic rings. The molecule has 4 rings (SSSR count). The molecule has 1 fully saturated rings. The fourth-order valence-corrected chi connectivity index (χ4v) is 2.92. The van der Waals surface area contributed by atoms with Crippen molar-refractivity contribution < 1.29 is 19.1 Å². The minimum Gasteiger partial charge on any atom is -0.482 e. The summed E-state index contributed by atoms with van der Waals surface area (Å²) in [5.41, 5.74) is 2.17. The molecule has 8 nitrogen and oxygen atoms in total. The second kappa shape index (κ2) is 8.36. The van der Waals surface area contributed by atoms with E-state index in [-0.39, 0.29) is 30.6 Å². The highest BCUT2D eigenvalue weighted by atomic mass is 16.6. The van der Waals surface area contributed by atoms with E-state index in [4.69, 9.17) is 9.47 Å². The van der Waals surface area contributed by atoms with Gasteiger partial charge in [0.05, 0.1) is 5.69 Å². The largest absolute Gasteiger partial charge is 0.482 e. The number of hydrogen-bond donors (Lipinski definition) is 1. The summed E-state index contributed by atoms with van der Waals surface area (Å²) in [6.07, 6.45) is 3.55. The molecule has 2 aromatic heterocycles. The van der Waals surface area contributed by atoms with Crippen LogP contribution in [-0.4, -0.2) is 27.9 Å². The van der Waals surface area contributed by atoms with Crippen LogP contribution in [0.25, 0.3) is 5.65 Å². The molecule has 0 spiro atoms. The third-order valence-corrected chi connectivity index (χ3v) is 4.65. The third kappa shape index (κ3) is 4.83. The fraction of sp³-hybridized carbons (Fsp3) is 0.273. The summed E-state index contributed by atoms with van der Waals surface area (Å²) in [5, 5.41) is 2.83. The molecule has 1 aromatic carbocycles. The number of carbonyl (C=O) groups excluding carboxylic acids is 2. The number of fused-ring (bicyclic) bond motifs is 1. The Balaban J connectivity index is 1.31. The van der Waals surface area contributed by atoms with Gasteiger partial charge < -0.3 is 14.8 Å². The van der Waals surface area contributed by atoms with Gasteiger partial charge in [-0.25, -0.2) is 9.78 Å². The Labute approximate surface area is 172 Å². The van der Waals surface area contributed by atoms with Crippen molar-refractivity contribution in [2.45, 2.75) is 26.4 Å². The number of aryl methyl sites for hydroxylation is 1. The molecular formula is C22H21N3O5. The Bertz CT molecular complexity index is 1170. The molecule has 0 aliphatic heterocycles. The van der Waals surface area contributed by atoms with Gasteiger partial charge in [-0.15, -0.1) is 0 Å². The van der Waals surface area contributed by atoms with E-state index in [1.807, 2.05) is 13.0 Å². The maximum atomic E-state index is 12.2. The number of aromatic nitrogens is 2. The Morgan fingerprint density at radius 1 is 1.20 bits per heavy atom. The lowest BCUT2D eigenvalue weighted by Crippen LogP contribution is -2.19. The molecule has 0 radical (unpaired) electrons. The first-order valence-corrected chi connectivity index (χ1v) is 9.66. The van der Waals surface area contributed by atoms with Gasteiger partial charge in [0.25, 0.3) is 5.56 Å². The first-order chi connectivity index (χ1) is 14.5. The van der Waals surface area contributed by atoms with Crippen LogP contribution in [0.5, 0.6) is 5.75 Å². The maximum absolute atomic E-state index is 12.2. The molecule has 0 saturated heterocycles. The molecule has 0 bridgehead atoms. The molecule has 0 atom stereocenters. The number of carbonyl (C=O) groups is 2. The molecule has 0 unspecified atom stereocenters. The Kier molecular flexibility index (Phi) is 5.47. The number of pyridine rings is 1. The number of nitrogens with one attached hydrogen (secondary N) is 1. The van der Waals surface area contributed by atoms with Crippen LogP contribution in [0.3, 0.4) is 0 Å². The Morgan fingerprint density at radius 3 is 2.83 bits per heavy atom. The zero-order chi connectivity index (χ0) is 21.1. The summed E-state index contributed by atoms with van der Waals surface area (Å²) in [5.74, 6) is -0.0443. The molecule has 30 heavy (non-hydrogen) atoms. The quantitative estimate of drug-likeness (QED) is 0.604. The minimum absolute atomic E-state index is 0.000473. The van der Waals surface area contributed by atoms with Gasteiger partial charge >= 0.3 is 5.97 Å². The molecule has 1 saturated carbocycles. The number of anilines is 1. The average Bonchev–Trinajstić information content (AvgIpc) is 3.57. The Morgan fingerprint density at radius 2 is 2.03 bits per heavy atom. The monoisotopic (exact) mass is 407 g/mol. The van der Waals surface area contributed by atoms with Crippen LogP contribution in [0.4, 0.5) is 5.69 Å². The lowest BCUT2D eigenvalue weighted by molar-refractivity contribution is -0.147. The predicted octanol–water partition coefficient (Wildman–Crippen LogP) is 2.47. The van der Waals surface area contributed by atoms with Gasteiger partial charge in [-0.2, -0.15) is 0 Å². The van der Waals surface area contributed by atoms with Crippen LogP contribution < -0.4 is 15.6 Å². The number of hydrogen-bond acceptors (Lipinski definition) is 6. The van der Waals surface area contributed by atoms with E-state index in [9.17, 15) is 14.4 Å². The van der Waals surface area contributed by atoms with E-state index >= 15 is 0 Å². The molecular weight excluding hydrogens is 386 g/mol. The molecule has 1 amide bonds. The highest BCUT2D eigenvalue weighted by Crippen LogP contribution is 2.30. The lowest BCUT2D eigenvalue weighted by atomic mass is 10.3. The van der Waals surface area contributed by atoms with Crippen molar-refractivity contribution in [3.63, 3.8) is 0 Å². The predicted molar refractivity (Wildman–Crippen MR) is 109 cm³/mol. The summed E-state index contributed by atoms with van der Waals surface area (Å²) >= 11 is 0. The molecule has 1 N–H and O–H groups in total. The van der Waals surface area contributed by atoms with Crippen LogP contribution >= 0.6 is 0 Å². The van der Waals surface area contributed by atoms with Crippen molar-refractivity contribution >= 4 is 23.2 Å². The fourth-order valence-electron chi connectivity index (χ4n) is 2.92. The second-order valence-corrected chi connectivity index (χ2v) is 7.26. The van der Waals surface area contributed by atoms with Crippen LogP contribution in [0.1, 0.15) is 24.1 Å². The van der Waals surface area contributed by atoms with Crippen molar-refractivity contribution in [1.29, 1.82) is 0 Å². The first-order valence-electron chi connectivity index (χ1n) is 9.66. The molecule has 154 valence electrons. The number of ether oxygens (including phenoxy) is 2. The smallest absolute Gasteiger partial charge is 0.344 e. The van der Waals surface area contributed by atoms with Crippen molar-refractivity contribution in [2.24, 2.45) is 5.92 Å². The van der Waals surface area contributed by atoms with Crippen molar-refractivity contribution in [3.8, 4) is 5.75 Å². The standard InChI is InChI=1S/C22H21N3O5/c1-14-5-8-19-23-17(10-20(26)25(19)11-14)12-30-21(27)13-29-18-4-2-3-16(9-18)24-22(28)15-6-7-15/h2-5,8-11,15H,6-7,12-13H2,1H3,(H,24,28). The molecule has 1 aliphatic carbocycles. The number of benzene rings is 1. The number of amides is 1. The minimum atomic E-state index is -0.590. The highest BCUT2D eigenvalue weighted by Gasteiger charge is 2.29. The molecule has 1 aliphatic rings. The summed E-state index contributed by atoms with van der Waals surface area (Å²) < 4.78 is 12.1. The van der Waals surface area contributed by atoms with E-state index in [0.29, 0.717) is 22.8 Å². The maximum Gasteiger partial charge on any atom is 0.344 e. The van der Waals surface area contributed by atoms with E-state index in [1.165, 1.54) is 10.5 Å². The van der Waals surface area contributed by atoms with Gasteiger partial charge in [-0.1, -0.05) is 12.1 Å². The first kappa shape index (κ1) is 19.6. The number of nitrogens with zero attached hydrogens (tertiary/aromatic N) is 2. The van der Waals surface area contributed by atoms with Gasteiger partial charge in [0.15, 0.2) is 6.61 Å². The van der Waals surface area contributed by atoms with Gasteiger partial charge in [-0.05, 0) is 43.5 Å².